The maximum atomic E-state index is 12.0. The van der Waals surface area contributed by atoms with E-state index in [-0.39, 0.29) is 17.7 Å². The number of anilines is 2. The molecule has 0 aliphatic heterocycles. The number of aryl methyl sites for hydroxylation is 1. The molecule has 110 valence electrons. The summed E-state index contributed by atoms with van der Waals surface area (Å²) in [5.74, 6) is 0.134. The van der Waals surface area contributed by atoms with Crippen LogP contribution in [0.3, 0.4) is 0 Å². The fourth-order valence-corrected chi connectivity index (χ4v) is 3.42. The second-order valence-corrected chi connectivity index (χ2v) is 6.49. The van der Waals surface area contributed by atoms with Crippen molar-refractivity contribution in [3.8, 4) is 0 Å². The van der Waals surface area contributed by atoms with Crippen molar-refractivity contribution in [3.63, 3.8) is 0 Å². The van der Waals surface area contributed by atoms with Gasteiger partial charge in [0.25, 0.3) is 0 Å². The molecular weight excluding hydrogens is 286 g/mol. The molecule has 5 nitrogen and oxygen atoms in total. The number of hydrogen-bond acceptors (Lipinski definition) is 4. The average molecular weight is 303 g/mol. The van der Waals surface area contributed by atoms with Crippen molar-refractivity contribution in [1.82, 2.24) is 4.98 Å². The van der Waals surface area contributed by atoms with Gasteiger partial charge >= 0.3 is 0 Å². The van der Waals surface area contributed by atoms with E-state index in [1.165, 1.54) is 18.3 Å². The van der Waals surface area contributed by atoms with Crippen LogP contribution < -0.4 is 10.6 Å². The van der Waals surface area contributed by atoms with Gasteiger partial charge in [-0.25, -0.2) is 4.98 Å². The quantitative estimate of drug-likeness (QED) is 0.914. The highest BCUT2D eigenvalue weighted by molar-refractivity contribution is 7.22. The van der Waals surface area contributed by atoms with Crippen LogP contribution in [0.2, 0.25) is 0 Å². The van der Waals surface area contributed by atoms with E-state index in [0.29, 0.717) is 5.13 Å². The smallest absolute Gasteiger partial charge is 0.227 e. The zero-order valence-corrected chi connectivity index (χ0v) is 12.8. The summed E-state index contributed by atoms with van der Waals surface area (Å²) < 4.78 is 0.961. The molecule has 21 heavy (non-hydrogen) atoms. The summed E-state index contributed by atoms with van der Waals surface area (Å²) in [7, 11) is 0. The zero-order valence-electron chi connectivity index (χ0n) is 12.0. The van der Waals surface area contributed by atoms with Crippen LogP contribution in [0.25, 0.3) is 10.2 Å². The van der Waals surface area contributed by atoms with Gasteiger partial charge in [0.15, 0.2) is 5.13 Å². The van der Waals surface area contributed by atoms with Crippen LogP contribution in [0.5, 0.6) is 0 Å². The Morgan fingerprint density at radius 2 is 2.05 bits per heavy atom. The lowest BCUT2D eigenvalue weighted by atomic mass is 9.85. The Morgan fingerprint density at radius 3 is 2.67 bits per heavy atom. The average Bonchev–Trinajstić information content (AvgIpc) is 2.68. The van der Waals surface area contributed by atoms with Gasteiger partial charge in [-0.3, -0.25) is 9.59 Å². The van der Waals surface area contributed by atoms with Crippen LogP contribution in [-0.2, 0) is 9.59 Å². The maximum absolute atomic E-state index is 12.0. The van der Waals surface area contributed by atoms with E-state index >= 15 is 0 Å². The normalized spacial score (nSPS) is 14.8. The third kappa shape index (κ3) is 2.90. The number of thiazole rings is 1. The number of rotatable bonds is 3. The molecule has 0 unspecified atom stereocenters. The van der Waals surface area contributed by atoms with Crippen LogP contribution in [-0.4, -0.2) is 16.8 Å². The molecule has 2 amide bonds. The lowest BCUT2D eigenvalue weighted by Gasteiger charge is -2.24. The number of carbonyl (C=O) groups is 2. The highest BCUT2D eigenvalue weighted by Crippen LogP contribution is 2.32. The number of aromatic nitrogens is 1. The first-order chi connectivity index (χ1) is 10.0. The highest BCUT2D eigenvalue weighted by atomic mass is 32.1. The van der Waals surface area contributed by atoms with Crippen molar-refractivity contribution in [2.24, 2.45) is 5.92 Å². The first-order valence-electron chi connectivity index (χ1n) is 7.02. The molecule has 1 aromatic heterocycles. The molecule has 0 atom stereocenters. The minimum Gasteiger partial charge on any atom is -0.326 e. The van der Waals surface area contributed by atoms with Crippen molar-refractivity contribution in [2.45, 2.75) is 33.1 Å². The van der Waals surface area contributed by atoms with Gasteiger partial charge in [-0.1, -0.05) is 17.8 Å². The largest absolute Gasteiger partial charge is 0.326 e. The van der Waals surface area contributed by atoms with Gasteiger partial charge in [-0.05, 0) is 37.5 Å². The molecule has 0 bridgehead atoms. The van der Waals surface area contributed by atoms with Crippen LogP contribution in [0.15, 0.2) is 12.1 Å². The SMILES string of the molecule is CC(=O)Nc1nc2c(C)cc(NC(=O)C3CCC3)cc2s1. The number of hydrogen-bond donors (Lipinski definition) is 2. The molecule has 6 heteroatoms. The molecule has 0 saturated heterocycles. The Hall–Kier alpha value is -1.95. The van der Waals surface area contributed by atoms with Crippen molar-refractivity contribution >= 4 is 44.2 Å². The minimum atomic E-state index is -0.134. The number of amides is 2. The number of nitrogens with zero attached hydrogens (tertiary/aromatic N) is 1. The van der Waals surface area contributed by atoms with Gasteiger partial charge in [-0.2, -0.15) is 0 Å². The molecule has 1 fully saturated rings. The van der Waals surface area contributed by atoms with E-state index in [1.807, 2.05) is 19.1 Å². The summed E-state index contributed by atoms with van der Waals surface area (Å²) in [5, 5.41) is 6.26. The second kappa shape index (κ2) is 5.44. The molecule has 1 aromatic carbocycles. The summed E-state index contributed by atoms with van der Waals surface area (Å²) in [4.78, 5) is 27.5. The van der Waals surface area contributed by atoms with E-state index in [0.717, 1.165) is 40.7 Å². The monoisotopic (exact) mass is 303 g/mol. The topological polar surface area (TPSA) is 71.1 Å². The molecule has 1 aliphatic carbocycles. The summed E-state index contributed by atoms with van der Waals surface area (Å²) in [6.45, 7) is 3.42. The second-order valence-electron chi connectivity index (χ2n) is 5.46. The Labute approximate surface area is 126 Å². The molecule has 0 radical (unpaired) electrons. The Bertz CT molecular complexity index is 719. The molecule has 1 heterocycles. The molecule has 1 saturated carbocycles. The number of benzene rings is 1. The van der Waals surface area contributed by atoms with Crippen LogP contribution in [0.4, 0.5) is 10.8 Å². The molecule has 2 N–H and O–H groups in total. The first kappa shape index (κ1) is 14.0. The van der Waals surface area contributed by atoms with Crippen LogP contribution >= 0.6 is 11.3 Å². The number of fused-ring (bicyclic) bond motifs is 1. The van der Waals surface area contributed by atoms with Gasteiger partial charge in [0, 0.05) is 18.5 Å². The van der Waals surface area contributed by atoms with E-state index < -0.39 is 0 Å². The van der Waals surface area contributed by atoms with Crippen molar-refractivity contribution in [2.75, 3.05) is 10.6 Å². The van der Waals surface area contributed by atoms with Crippen molar-refractivity contribution < 1.29 is 9.59 Å². The van der Waals surface area contributed by atoms with E-state index in [1.54, 1.807) is 0 Å². The van der Waals surface area contributed by atoms with Gasteiger partial charge in [0.1, 0.15) is 0 Å². The van der Waals surface area contributed by atoms with Crippen LogP contribution in [0, 0.1) is 12.8 Å². The van der Waals surface area contributed by atoms with Crippen molar-refractivity contribution in [3.05, 3.63) is 17.7 Å². The zero-order chi connectivity index (χ0) is 15.0. The van der Waals surface area contributed by atoms with Gasteiger partial charge in [0.05, 0.1) is 10.2 Å². The molecule has 1 aliphatic rings. The maximum Gasteiger partial charge on any atom is 0.227 e. The summed E-state index contributed by atoms with van der Waals surface area (Å²) >= 11 is 1.41. The van der Waals surface area contributed by atoms with Gasteiger partial charge < -0.3 is 10.6 Å². The van der Waals surface area contributed by atoms with E-state index in [9.17, 15) is 9.59 Å². The Kier molecular flexibility index (Phi) is 3.63. The fourth-order valence-electron chi connectivity index (χ4n) is 2.39. The van der Waals surface area contributed by atoms with E-state index in [4.69, 9.17) is 0 Å². The first-order valence-corrected chi connectivity index (χ1v) is 7.84. The fraction of sp³-hybridized carbons (Fsp3) is 0.400. The van der Waals surface area contributed by atoms with E-state index in [2.05, 4.69) is 15.6 Å². The Balaban J connectivity index is 1.86. The number of carbonyl (C=O) groups excluding carboxylic acids is 2. The lowest BCUT2D eigenvalue weighted by molar-refractivity contribution is -0.122. The summed E-state index contributed by atoms with van der Waals surface area (Å²) in [6, 6.07) is 3.85. The molecule has 0 spiro atoms. The van der Waals surface area contributed by atoms with Gasteiger partial charge in [-0.15, -0.1) is 0 Å². The predicted octanol–water partition coefficient (Wildman–Crippen LogP) is 3.30. The highest BCUT2D eigenvalue weighted by Gasteiger charge is 2.25. The molecular formula is C15H17N3O2S. The van der Waals surface area contributed by atoms with Gasteiger partial charge in [0.2, 0.25) is 11.8 Å². The standard InChI is InChI=1S/C15H17N3O2S/c1-8-6-11(17-14(20)10-4-3-5-10)7-12-13(8)18-15(21-12)16-9(2)19/h6-7,10H,3-5H2,1-2H3,(H,17,20)(H,16,18,19). The predicted molar refractivity (Wildman–Crippen MR) is 84.6 cm³/mol. The summed E-state index contributed by atoms with van der Waals surface area (Å²) in [6.07, 6.45) is 3.12. The molecule has 3 rings (SSSR count). The third-order valence-corrected chi connectivity index (χ3v) is 4.63. The van der Waals surface area contributed by atoms with Crippen LogP contribution in [0.1, 0.15) is 31.7 Å². The third-order valence-electron chi connectivity index (χ3n) is 3.71. The lowest BCUT2D eigenvalue weighted by Crippen LogP contribution is -2.28. The number of nitrogens with one attached hydrogen (secondary N) is 2. The summed E-state index contributed by atoms with van der Waals surface area (Å²) in [5.41, 5.74) is 2.66. The van der Waals surface area contributed by atoms with Crippen molar-refractivity contribution in [1.29, 1.82) is 0 Å². The molecule has 2 aromatic rings. The minimum absolute atomic E-state index is 0.103. The Morgan fingerprint density at radius 1 is 1.29 bits per heavy atom.